The summed E-state index contributed by atoms with van der Waals surface area (Å²) >= 11 is 1.30. The van der Waals surface area contributed by atoms with Crippen molar-refractivity contribution in [3.05, 3.63) is 99.0 Å². The second kappa shape index (κ2) is 16.2. The van der Waals surface area contributed by atoms with Gasteiger partial charge in [-0.1, -0.05) is 75.7 Å². The van der Waals surface area contributed by atoms with Gasteiger partial charge in [0.15, 0.2) is 5.82 Å². The molecule has 1 aliphatic heterocycles. The molecular weight excluding hydrogens is 653 g/mol. The Morgan fingerprint density at radius 2 is 1.58 bits per heavy atom. The van der Waals surface area contributed by atoms with E-state index in [1.165, 1.54) is 20.9 Å². The average Bonchev–Trinajstić information content (AvgIpc) is 3.70. The molecule has 2 aromatic heterocycles. The molecule has 2 aromatic carbocycles. The molecule has 3 heterocycles. The normalized spacial score (nSPS) is 19.3. The summed E-state index contributed by atoms with van der Waals surface area (Å²) in [7, 11) is 0. The van der Waals surface area contributed by atoms with Crippen LogP contribution in [0.2, 0.25) is 0 Å². The van der Waals surface area contributed by atoms with Crippen molar-refractivity contribution in [2.75, 3.05) is 13.1 Å². The first-order valence-corrected chi connectivity index (χ1v) is 17.9. The van der Waals surface area contributed by atoms with Crippen LogP contribution >= 0.6 is 11.3 Å². The molecule has 3 atom stereocenters. The van der Waals surface area contributed by atoms with Crippen molar-refractivity contribution in [3.63, 3.8) is 0 Å². The van der Waals surface area contributed by atoms with E-state index in [2.05, 4.69) is 31.0 Å². The first kappa shape index (κ1) is 36.4. The van der Waals surface area contributed by atoms with Crippen LogP contribution in [0.15, 0.2) is 60.0 Å². The van der Waals surface area contributed by atoms with E-state index < -0.39 is 24.0 Å². The highest BCUT2D eigenvalue weighted by Gasteiger charge is 2.30. The number of nitrogens with zero attached hydrogens (tertiary/aromatic N) is 5. The van der Waals surface area contributed by atoms with Crippen LogP contribution < -0.4 is 16.0 Å². The molecule has 264 valence electrons. The Labute approximate surface area is 297 Å². The number of nitrogens with one attached hydrogen (secondary N) is 3. The van der Waals surface area contributed by atoms with E-state index in [1.807, 2.05) is 77.1 Å². The highest BCUT2D eigenvalue weighted by Crippen LogP contribution is 2.26. The van der Waals surface area contributed by atoms with Gasteiger partial charge in [0.25, 0.3) is 11.8 Å². The van der Waals surface area contributed by atoms with Crippen molar-refractivity contribution < 1.29 is 19.2 Å². The number of aromatic nitrogens is 4. The zero-order valence-corrected chi connectivity index (χ0v) is 30.3. The van der Waals surface area contributed by atoms with E-state index in [4.69, 9.17) is 0 Å². The molecular formula is C37H46N8O4S. The number of rotatable bonds is 6. The van der Waals surface area contributed by atoms with Crippen molar-refractivity contribution in [1.82, 2.24) is 40.6 Å². The number of benzene rings is 2. The van der Waals surface area contributed by atoms with Gasteiger partial charge in [-0.2, -0.15) is 5.10 Å². The van der Waals surface area contributed by atoms with Gasteiger partial charge in [0.1, 0.15) is 23.1 Å². The summed E-state index contributed by atoms with van der Waals surface area (Å²) in [5.74, 6) is -0.406. The molecule has 4 amide bonds. The summed E-state index contributed by atoms with van der Waals surface area (Å²) < 4.78 is 1.52. The van der Waals surface area contributed by atoms with Crippen molar-refractivity contribution in [2.45, 2.75) is 79.1 Å². The minimum atomic E-state index is -0.627. The number of hydrogen-bond donors (Lipinski definition) is 3. The largest absolute Gasteiger partial charge is 0.350 e. The van der Waals surface area contributed by atoms with Crippen molar-refractivity contribution in [2.24, 2.45) is 11.8 Å². The summed E-state index contributed by atoms with van der Waals surface area (Å²) in [6.07, 6.45) is 0.982. The molecule has 5 rings (SSSR count). The second-order valence-electron chi connectivity index (χ2n) is 13.7. The van der Waals surface area contributed by atoms with Gasteiger partial charge in [0.2, 0.25) is 11.8 Å². The molecule has 0 saturated heterocycles. The number of aryl methyl sites for hydroxylation is 2. The third-order valence-electron chi connectivity index (χ3n) is 8.58. The minimum Gasteiger partial charge on any atom is -0.350 e. The van der Waals surface area contributed by atoms with Crippen molar-refractivity contribution in [3.8, 4) is 0 Å². The lowest BCUT2D eigenvalue weighted by Gasteiger charge is -2.31. The van der Waals surface area contributed by atoms with Gasteiger partial charge < -0.3 is 20.9 Å². The van der Waals surface area contributed by atoms with Crippen LogP contribution in [0.5, 0.6) is 0 Å². The smallest absolute Gasteiger partial charge is 0.271 e. The van der Waals surface area contributed by atoms with Gasteiger partial charge in [-0.05, 0) is 56.2 Å². The van der Waals surface area contributed by atoms with Crippen LogP contribution in [-0.4, -0.2) is 67.4 Å². The first-order chi connectivity index (χ1) is 23.9. The van der Waals surface area contributed by atoms with Crippen LogP contribution in [0, 0.1) is 25.7 Å². The topological polar surface area (TPSA) is 151 Å². The maximum Gasteiger partial charge on any atom is 0.271 e. The lowest BCUT2D eigenvalue weighted by atomic mass is 10.0. The van der Waals surface area contributed by atoms with Gasteiger partial charge in [-0.15, -0.1) is 11.3 Å². The molecule has 50 heavy (non-hydrogen) atoms. The highest BCUT2D eigenvalue weighted by molar-refractivity contribution is 7.09. The molecule has 0 radical (unpaired) electrons. The lowest BCUT2D eigenvalue weighted by Crippen LogP contribution is -2.51. The zero-order valence-electron chi connectivity index (χ0n) is 29.5. The van der Waals surface area contributed by atoms with Gasteiger partial charge in [-0.3, -0.25) is 19.2 Å². The van der Waals surface area contributed by atoms with Crippen LogP contribution in [0.25, 0.3) is 0 Å². The monoisotopic (exact) mass is 698 g/mol. The molecule has 13 heteroatoms. The standard InChI is InChI=1S/C37H46N8O4S/c1-22(2)16-29-36-42-31(21-50-36)35(48)41-28(17-26-10-8-7-9-11-26)34-38-25(6)43-45(34)20-33(47)40-30(23(3)4)18-44(19-32(46)39-29)37(49)27-14-12-24(5)13-15-27/h7-15,21-23,28-30H,16-20H2,1-6H3,(H,39,46)(H,40,47)(H,41,48)/t28-,29-,30+/m0/s1. The van der Waals surface area contributed by atoms with Crippen molar-refractivity contribution >= 4 is 35.0 Å². The fourth-order valence-electron chi connectivity index (χ4n) is 5.94. The fourth-order valence-corrected chi connectivity index (χ4v) is 6.80. The molecule has 0 unspecified atom stereocenters. The molecule has 12 nitrogen and oxygen atoms in total. The number of amides is 4. The molecule has 1 aliphatic rings. The van der Waals surface area contributed by atoms with E-state index in [0.717, 1.165) is 11.1 Å². The molecule has 0 spiro atoms. The molecule has 0 saturated carbocycles. The fraction of sp³-hybridized carbons (Fsp3) is 0.432. The predicted molar refractivity (Wildman–Crippen MR) is 191 cm³/mol. The maximum absolute atomic E-state index is 13.9. The second-order valence-corrected chi connectivity index (χ2v) is 14.6. The van der Waals surface area contributed by atoms with Gasteiger partial charge >= 0.3 is 0 Å². The van der Waals surface area contributed by atoms with Crippen LogP contribution in [0.3, 0.4) is 0 Å². The van der Waals surface area contributed by atoms with Crippen molar-refractivity contribution in [1.29, 1.82) is 0 Å². The predicted octanol–water partition coefficient (Wildman–Crippen LogP) is 4.57. The number of thiazole rings is 1. The van der Waals surface area contributed by atoms with Gasteiger partial charge in [-0.25, -0.2) is 14.6 Å². The van der Waals surface area contributed by atoms with E-state index in [9.17, 15) is 19.2 Å². The Balaban J connectivity index is 1.56. The van der Waals surface area contributed by atoms with Crippen LogP contribution in [-0.2, 0) is 22.6 Å². The highest BCUT2D eigenvalue weighted by atomic mass is 32.1. The summed E-state index contributed by atoms with van der Waals surface area (Å²) in [6, 6.07) is 15.3. The molecule has 3 N–H and O–H groups in total. The first-order valence-electron chi connectivity index (χ1n) is 17.0. The van der Waals surface area contributed by atoms with E-state index in [0.29, 0.717) is 35.1 Å². The number of hydrogen-bond acceptors (Lipinski definition) is 8. The summed E-state index contributed by atoms with van der Waals surface area (Å²) in [5, 5.41) is 16.1. The molecule has 2 bridgehead atoms. The van der Waals surface area contributed by atoms with E-state index >= 15 is 0 Å². The minimum absolute atomic E-state index is 0.0783. The Morgan fingerprint density at radius 1 is 0.880 bits per heavy atom. The van der Waals surface area contributed by atoms with Crippen LogP contribution in [0.4, 0.5) is 0 Å². The quantitative estimate of drug-likeness (QED) is 0.267. The number of carbonyl (C=O) groups is 4. The Morgan fingerprint density at radius 3 is 2.26 bits per heavy atom. The van der Waals surface area contributed by atoms with Gasteiger partial charge in [0.05, 0.1) is 18.6 Å². The third-order valence-corrected chi connectivity index (χ3v) is 9.54. The SMILES string of the molecule is Cc1ccc(C(=O)N2CC(=O)N[C@@H](CC(C)C)c3nc(cs3)C(=O)N[C@@H](Cc3ccccc3)c3nc(C)nn3CC(=O)N[C@@H](C(C)C)C2)cc1. The van der Waals surface area contributed by atoms with E-state index in [-0.39, 0.29) is 54.9 Å². The molecule has 4 aromatic rings. The Kier molecular flexibility index (Phi) is 11.8. The summed E-state index contributed by atoms with van der Waals surface area (Å²) in [4.78, 5) is 66.0. The molecule has 0 aliphatic carbocycles. The summed E-state index contributed by atoms with van der Waals surface area (Å²) in [5.41, 5.74) is 2.63. The Bertz CT molecular complexity index is 1800. The number of carbonyl (C=O) groups excluding carboxylic acids is 4. The Hall–Kier alpha value is -4.91. The van der Waals surface area contributed by atoms with Crippen LogP contribution in [0.1, 0.15) is 94.8 Å². The van der Waals surface area contributed by atoms with E-state index in [1.54, 1.807) is 24.4 Å². The third kappa shape index (κ3) is 9.41. The molecule has 0 fully saturated rings. The maximum atomic E-state index is 13.9. The zero-order chi connectivity index (χ0) is 35.9. The lowest BCUT2D eigenvalue weighted by molar-refractivity contribution is -0.123. The summed E-state index contributed by atoms with van der Waals surface area (Å²) in [6.45, 7) is 11.4. The number of fused-ring (bicyclic) bond motifs is 3. The average molecular weight is 699 g/mol. The van der Waals surface area contributed by atoms with Gasteiger partial charge in [0, 0.05) is 23.5 Å².